The van der Waals surface area contributed by atoms with Crippen LogP contribution < -0.4 is 0 Å². The predicted octanol–water partition coefficient (Wildman–Crippen LogP) is 4.26. The summed E-state index contributed by atoms with van der Waals surface area (Å²) in [5.74, 6) is 0. The van der Waals surface area contributed by atoms with E-state index in [1.807, 2.05) is 6.08 Å². The largest absolute Gasteiger partial charge is 0.103 e. The van der Waals surface area contributed by atoms with Crippen LogP contribution in [0.15, 0.2) is 36.5 Å². The average Bonchev–Trinajstić information content (AvgIpc) is 2.02. The molecule has 0 aliphatic heterocycles. The second-order valence-electron chi connectivity index (χ2n) is 3.21. The molecule has 0 fully saturated rings. The minimum atomic E-state index is 1.08. The number of allylic oxidation sites excluding steroid dienone is 5. The third kappa shape index (κ3) is 9.22. The van der Waals surface area contributed by atoms with Gasteiger partial charge < -0.3 is 0 Å². The van der Waals surface area contributed by atoms with Crippen molar-refractivity contribution in [1.82, 2.24) is 0 Å². The summed E-state index contributed by atoms with van der Waals surface area (Å²) in [7, 11) is 0. The van der Waals surface area contributed by atoms with Crippen molar-refractivity contribution in [2.24, 2.45) is 0 Å². The fourth-order valence-corrected chi connectivity index (χ4v) is 0.898. The fraction of sp³-hybridized carbons (Fsp3) is 0.500. The summed E-state index contributed by atoms with van der Waals surface area (Å²) in [5, 5.41) is 0. The van der Waals surface area contributed by atoms with E-state index >= 15 is 0 Å². The van der Waals surface area contributed by atoms with Gasteiger partial charge in [-0.3, -0.25) is 0 Å². The molecule has 12 heavy (non-hydrogen) atoms. The zero-order valence-corrected chi connectivity index (χ0v) is 8.34. The smallest absolute Gasteiger partial charge is 0.0167 e. The predicted molar refractivity (Wildman–Crippen MR) is 57.2 cm³/mol. The van der Waals surface area contributed by atoms with Crippen molar-refractivity contribution in [3.05, 3.63) is 36.5 Å². The molecule has 0 aliphatic rings. The molecule has 0 heteroatoms. The molecule has 0 aromatic carbocycles. The van der Waals surface area contributed by atoms with Crippen molar-refractivity contribution in [3.63, 3.8) is 0 Å². The average molecular weight is 164 g/mol. The Morgan fingerprint density at radius 3 is 2.50 bits per heavy atom. The lowest BCUT2D eigenvalue weighted by Crippen LogP contribution is -1.68. The first-order valence-electron chi connectivity index (χ1n) is 4.66. The molecule has 0 rings (SSSR count). The van der Waals surface area contributed by atoms with Gasteiger partial charge in [-0.25, -0.2) is 0 Å². The van der Waals surface area contributed by atoms with Crippen molar-refractivity contribution in [2.75, 3.05) is 0 Å². The summed E-state index contributed by atoms with van der Waals surface area (Å²) in [6.45, 7) is 7.95. The quantitative estimate of drug-likeness (QED) is 0.406. The van der Waals surface area contributed by atoms with E-state index in [-0.39, 0.29) is 0 Å². The number of hydrogen-bond donors (Lipinski definition) is 0. The van der Waals surface area contributed by atoms with Crippen molar-refractivity contribution in [2.45, 2.75) is 39.5 Å². The van der Waals surface area contributed by atoms with Crippen LogP contribution in [0.3, 0.4) is 0 Å². The molecule has 0 atom stereocenters. The standard InChI is InChI=1S/C12H20/c1-4-5-6-7-8-9-10-11-12(2)3/h4,8-9,11H,1,5-7,10H2,2-3H3/b9-8+. The van der Waals surface area contributed by atoms with Crippen molar-refractivity contribution >= 4 is 0 Å². The maximum atomic E-state index is 3.68. The van der Waals surface area contributed by atoms with Crippen LogP contribution in [0.5, 0.6) is 0 Å². The summed E-state index contributed by atoms with van der Waals surface area (Å²) in [6.07, 6.45) is 13.3. The number of hydrogen-bond acceptors (Lipinski definition) is 0. The van der Waals surface area contributed by atoms with Crippen molar-refractivity contribution in [1.29, 1.82) is 0 Å². The Hall–Kier alpha value is -0.780. The van der Waals surface area contributed by atoms with E-state index in [0.717, 1.165) is 12.8 Å². The molecule has 0 bridgehead atoms. The van der Waals surface area contributed by atoms with Crippen LogP contribution in [0.25, 0.3) is 0 Å². The van der Waals surface area contributed by atoms with E-state index in [1.54, 1.807) is 0 Å². The lowest BCUT2D eigenvalue weighted by Gasteiger charge is -1.89. The van der Waals surface area contributed by atoms with Gasteiger partial charge >= 0.3 is 0 Å². The van der Waals surface area contributed by atoms with Gasteiger partial charge in [0.2, 0.25) is 0 Å². The molecule has 0 radical (unpaired) electrons. The van der Waals surface area contributed by atoms with Crippen LogP contribution in [0.1, 0.15) is 39.5 Å². The fourth-order valence-electron chi connectivity index (χ4n) is 0.898. The Morgan fingerprint density at radius 1 is 1.17 bits per heavy atom. The van der Waals surface area contributed by atoms with Gasteiger partial charge in [-0.15, -0.1) is 6.58 Å². The first-order chi connectivity index (χ1) is 5.77. The van der Waals surface area contributed by atoms with Gasteiger partial charge in [0.1, 0.15) is 0 Å². The Morgan fingerprint density at radius 2 is 1.92 bits per heavy atom. The maximum absolute atomic E-state index is 3.68. The van der Waals surface area contributed by atoms with Crippen LogP contribution in [-0.4, -0.2) is 0 Å². The van der Waals surface area contributed by atoms with E-state index in [2.05, 4.69) is 38.7 Å². The highest BCUT2D eigenvalue weighted by Crippen LogP contribution is 1.99. The second-order valence-corrected chi connectivity index (χ2v) is 3.21. The highest BCUT2D eigenvalue weighted by molar-refractivity contribution is 4.98. The Bertz CT molecular complexity index is 157. The topological polar surface area (TPSA) is 0 Å². The van der Waals surface area contributed by atoms with Crippen LogP contribution >= 0.6 is 0 Å². The molecular formula is C12H20. The van der Waals surface area contributed by atoms with Crippen LogP contribution in [0, 0.1) is 0 Å². The van der Waals surface area contributed by atoms with Gasteiger partial charge in [-0.1, -0.05) is 29.9 Å². The molecule has 0 aliphatic carbocycles. The molecule has 0 aromatic heterocycles. The molecule has 0 N–H and O–H groups in total. The van der Waals surface area contributed by atoms with Crippen molar-refractivity contribution in [3.8, 4) is 0 Å². The molecule has 0 aromatic rings. The molecule has 0 saturated heterocycles. The highest BCUT2D eigenvalue weighted by atomic mass is 13.9. The van der Waals surface area contributed by atoms with E-state index in [4.69, 9.17) is 0 Å². The second kappa shape index (κ2) is 8.32. The molecule has 0 spiro atoms. The van der Waals surface area contributed by atoms with Gasteiger partial charge in [-0.05, 0) is 39.5 Å². The number of rotatable bonds is 6. The van der Waals surface area contributed by atoms with Gasteiger partial charge in [0, 0.05) is 0 Å². The Balaban J connectivity index is 3.25. The van der Waals surface area contributed by atoms with Gasteiger partial charge in [-0.2, -0.15) is 0 Å². The highest BCUT2D eigenvalue weighted by Gasteiger charge is 1.78. The first-order valence-corrected chi connectivity index (χ1v) is 4.66. The molecule has 0 unspecified atom stereocenters. The van der Waals surface area contributed by atoms with Crippen LogP contribution in [0.2, 0.25) is 0 Å². The van der Waals surface area contributed by atoms with Crippen molar-refractivity contribution < 1.29 is 0 Å². The molecular weight excluding hydrogens is 144 g/mol. The number of unbranched alkanes of at least 4 members (excludes halogenated alkanes) is 2. The summed E-state index contributed by atoms with van der Waals surface area (Å²) in [5.41, 5.74) is 1.39. The minimum absolute atomic E-state index is 1.08. The van der Waals surface area contributed by atoms with E-state index < -0.39 is 0 Å². The molecule has 68 valence electrons. The molecule has 0 amide bonds. The summed E-state index contributed by atoms with van der Waals surface area (Å²) >= 11 is 0. The third-order valence-electron chi connectivity index (χ3n) is 1.61. The van der Waals surface area contributed by atoms with Gasteiger partial charge in [0.15, 0.2) is 0 Å². The zero-order chi connectivity index (χ0) is 9.23. The lowest BCUT2D eigenvalue weighted by molar-refractivity contribution is 0.867. The van der Waals surface area contributed by atoms with Crippen LogP contribution in [0.4, 0.5) is 0 Å². The maximum Gasteiger partial charge on any atom is -0.0167 e. The minimum Gasteiger partial charge on any atom is -0.103 e. The molecule has 0 nitrogen and oxygen atoms in total. The Kier molecular flexibility index (Phi) is 7.78. The summed E-state index contributed by atoms with van der Waals surface area (Å²) in [6, 6.07) is 0. The SMILES string of the molecule is C=CCCC/C=C/CC=C(C)C. The van der Waals surface area contributed by atoms with E-state index in [9.17, 15) is 0 Å². The monoisotopic (exact) mass is 164 g/mol. The van der Waals surface area contributed by atoms with E-state index in [1.165, 1.54) is 18.4 Å². The molecule has 0 heterocycles. The summed E-state index contributed by atoms with van der Waals surface area (Å²) < 4.78 is 0. The van der Waals surface area contributed by atoms with E-state index in [0.29, 0.717) is 0 Å². The lowest BCUT2D eigenvalue weighted by atomic mass is 10.2. The zero-order valence-electron chi connectivity index (χ0n) is 8.34. The third-order valence-corrected chi connectivity index (χ3v) is 1.61. The summed E-state index contributed by atoms with van der Waals surface area (Å²) in [4.78, 5) is 0. The van der Waals surface area contributed by atoms with Gasteiger partial charge in [0.25, 0.3) is 0 Å². The van der Waals surface area contributed by atoms with Gasteiger partial charge in [0.05, 0.1) is 0 Å². The van der Waals surface area contributed by atoms with Crippen LogP contribution in [-0.2, 0) is 0 Å². The Labute approximate surface area is 76.7 Å². The first kappa shape index (κ1) is 11.2. The normalized spacial score (nSPS) is 10.2. The molecule has 0 saturated carbocycles.